The lowest BCUT2D eigenvalue weighted by Gasteiger charge is -2.09. The molecule has 0 atom stereocenters. The number of nitriles is 1. The molecule has 20 heavy (non-hydrogen) atoms. The van der Waals surface area contributed by atoms with Crippen LogP contribution in [0.2, 0.25) is 0 Å². The van der Waals surface area contributed by atoms with Crippen LogP contribution in [0.25, 0.3) is 6.08 Å². The summed E-state index contributed by atoms with van der Waals surface area (Å²) in [6, 6.07) is 5.61. The lowest BCUT2D eigenvalue weighted by molar-refractivity contribution is 0.393. The minimum Gasteiger partial charge on any atom is -0.497 e. The average molecular weight is 267 g/mol. The lowest BCUT2D eigenvalue weighted by atomic mass is 10.0. The van der Waals surface area contributed by atoms with Crippen molar-refractivity contribution in [2.24, 2.45) is 0 Å². The molecule has 0 radical (unpaired) electrons. The summed E-state index contributed by atoms with van der Waals surface area (Å²) >= 11 is 0. The number of methoxy groups -OCH3 is 2. The molecule has 0 bridgehead atoms. The van der Waals surface area contributed by atoms with Crippen molar-refractivity contribution in [3.8, 4) is 17.6 Å². The summed E-state index contributed by atoms with van der Waals surface area (Å²) in [7, 11) is 3.09. The van der Waals surface area contributed by atoms with Crippen molar-refractivity contribution < 1.29 is 9.47 Å². The summed E-state index contributed by atoms with van der Waals surface area (Å²) in [6.07, 6.45) is 8.89. The van der Waals surface area contributed by atoms with Gasteiger partial charge in [-0.1, -0.05) is 43.5 Å². The van der Waals surface area contributed by atoms with Crippen LogP contribution in [-0.4, -0.2) is 14.2 Å². The van der Waals surface area contributed by atoms with Gasteiger partial charge in [-0.25, -0.2) is 0 Å². The van der Waals surface area contributed by atoms with E-state index in [0.29, 0.717) is 17.1 Å². The van der Waals surface area contributed by atoms with Crippen LogP contribution < -0.4 is 9.47 Å². The minimum absolute atomic E-state index is 0.464. The van der Waals surface area contributed by atoms with Crippen LogP contribution in [0.5, 0.6) is 11.5 Å². The van der Waals surface area contributed by atoms with E-state index < -0.39 is 0 Å². The Labute approximate surface area is 119 Å². The van der Waals surface area contributed by atoms with Gasteiger partial charge in [-0.05, 0) is 17.2 Å². The number of hydrogen-bond donors (Lipinski definition) is 0. The quantitative estimate of drug-likeness (QED) is 0.734. The van der Waals surface area contributed by atoms with Crippen LogP contribution in [0.1, 0.15) is 11.1 Å². The number of ether oxygens (including phenoxy) is 2. The van der Waals surface area contributed by atoms with E-state index in [1.165, 1.54) is 7.11 Å². The van der Waals surface area contributed by atoms with Crippen molar-refractivity contribution in [2.75, 3.05) is 14.2 Å². The monoisotopic (exact) mass is 267 g/mol. The van der Waals surface area contributed by atoms with Gasteiger partial charge >= 0.3 is 0 Å². The fourth-order valence-corrected chi connectivity index (χ4v) is 1.65. The van der Waals surface area contributed by atoms with Gasteiger partial charge in [-0.2, -0.15) is 5.26 Å². The topological polar surface area (TPSA) is 42.2 Å². The third-order valence-corrected chi connectivity index (χ3v) is 2.67. The summed E-state index contributed by atoms with van der Waals surface area (Å²) in [6.45, 7) is 7.36. The Morgan fingerprint density at radius 3 is 2.50 bits per heavy atom. The summed E-state index contributed by atoms with van der Waals surface area (Å²) in [5.74, 6) is 1.12. The number of hydrogen-bond acceptors (Lipinski definition) is 3. The molecule has 1 aromatic carbocycles. The summed E-state index contributed by atoms with van der Waals surface area (Å²) in [5.41, 5.74) is 2.08. The van der Waals surface area contributed by atoms with Gasteiger partial charge in [0.25, 0.3) is 0 Å². The Balaban J connectivity index is 3.33. The average Bonchev–Trinajstić information content (AvgIpc) is 2.50. The molecule has 0 aromatic heterocycles. The van der Waals surface area contributed by atoms with Crippen LogP contribution in [-0.2, 0) is 0 Å². The Kier molecular flexibility index (Phi) is 5.86. The lowest BCUT2D eigenvalue weighted by Crippen LogP contribution is -1.93. The maximum atomic E-state index is 9.26. The van der Waals surface area contributed by atoms with Gasteiger partial charge in [-0.3, -0.25) is 0 Å². The largest absolute Gasteiger partial charge is 0.497 e. The molecule has 0 saturated carbocycles. The fraction of sp³-hybridized carbons (Fsp3) is 0.118. The molecule has 0 N–H and O–H groups in total. The van der Waals surface area contributed by atoms with Crippen molar-refractivity contribution in [3.63, 3.8) is 0 Å². The van der Waals surface area contributed by atoms with Gasteiger partial charge in [0.05, 0.1) is 14.2 Å². The second kappa shape index (κ2) is 7.65. The van der Waals surface area contributed by atoms with Crippen molar-refractivity contribution in [2.45, 2.75) is 0 Å². The first-order valence-corrected chi connectivity index (χ1v) is 5.99. The first kappa shape index (κ1) is 15.3. The molecular weight excluding hydrogens is 250 g/mol. The van der Waals surface area contributed by atoms with Gasteiger partial charge < -0.3 is 9.47 Å². The molecule has 0 fully saturated rings. The Morgan fingerprint density at radius 1 is 1.25 bits per heavy atom. The molecule has 0 saturated heterocycles. The summed E-state index contributed by atoms with van der Waals surface area (Å²) in [4.78, 5) is 0. The predicted octanol–water partition coefficient (Wildman–Crippen LogP) is 3.89. The smallest absolute Gasteiger partial charge is 0.140 e. The molecule has 3 nitrogen and oxygen atoms in total. The number of allylic oxidation sites excluding steroid dienone is 5. The molecule has 1 rings (SSSR count). The van der Waals surface area contributed by atoms with Crippen LogP contribution in [0.4, 0.5) is 0 Å². The highest BCUT2D eigenvalue weighted by Gasteiger charge is 2.09. The van der Waals surface area contributed by atoms with Gasteiger partial charge in [0.15, 0.2) is 0 Å². The van der Waals surface area contributed by atoms with Crippen molar-refractivity contribution >= 4 is 6.08 Å². The fourth-order valence-electron chi connectivity index (χ4n) is 1.65. The van der Waals surface area contributed by atoms with E-state index in [1.54, 1.807) is 31.4 Å². The molecule has 1 aromatic rings. The Morgan fingerprint density at radius 2 is 2.00 bits per heavy atom. The molecule has 0 amide bonds. The Hall–Kier alpha value is -2.73. The molecule has 0 aliphatic rings. The van der Waals surface area contributed by atoms with Crippen LogP contribution >= 0.6 is 0 Å². The first-order valence-electron chi connectivity index (χ1n) is 5.99. The molecule has 3 heteroatoms. The predicted molar refractivity (Wildman–Crippen MR) is 81.8 cm³/mol. The number of rotatable bonds is 6. The molecule has 0 unspecified atom stereocenters. The normalized spacial score (nSPS) is 10.9. The number of benzene rings is 1. The second-order valence-electron chi connectivity index (χ2n) is 3.85. The Bertz CT molecular complexity index is 604. The van der Waals surface area contributed by atoms with E-state index >= 15 is 0 Å². The van der Waals surface area contributed by atoms with Gasteiger partial charge in [0.2, 0.25) is 0 Å². The van der Waals surface area contributed by atoms with Gasteiger partial charge in [0, 0.05) is 6.07 Å². The standard InChI is InChI=1S/C17H17NO2/c1-5-7-13(6-2)8-9-14-10-15(19-3)11-17(20-4)16(14)12-18/h5-11H,1-2H2,3-4H3/b9-8+,13-7+. The molecule has 0 heterocycles. The van der Waals surface area contributed by atoms with Crippen molar-refractivity contribution in [3.05, 3.63) is 66.3 Å². The molecule has 0 aliphatic carbocycles. The van der Waals surface area contributed by atoms with Gasteiger partial charge in [-0.15, -0.1) is 0 Å². The van der Waals surface area contributed by atoms with Gasteiger partial charge in [0.1, 0.15) is 23.1 Å². The van der Waals surface area contributed by atoms with E-state index in [1.807, 2.05) is 18.2 Å². The SMILES string of the molecule is C=C/C=C(C=C)/C=C/c1cc(OC)cc(OC)c1C#N. The van der Waals surface area contributed by atoms with E-state index in [-0.39, 0.29) is 0 Å². The van der Waals surface area contributed by atoms with E-state index in [4.69, 9.17) is 9.47 Å². The van der Waals surface area contributed by atoms with E-state index in [2.05, 4.69) is 19.2 Å². The number of nitrogens with zero attached hydrogens (tertiary/aromatic N) is 1. The van der Waals surface area contributed by atoms with Crippen molar-refractivity contribution in [1.82, 2.24) is 0 Å². The molecule has 0 aliphatic heterocycles. The highest BCUT2D eigenvalue weighted by Crippen LogP contribution is 2.29. The summed E-state index contributed by atoms with van der Waals surface area (Å²) in [5, 5.41) is 9.26. The maximum Gasteiger partial charge on any atom is 0.140 e. The molecular formula is C17H17NO2. The highest BCUT2D eigenvalue weighted by atomic mass is 16.5. The van der Waals surface area contributed by atoms with Crippen molar-refractivity contribution in [1.29, 1.82) is 5.26 Å². The zero-order chi connectivity index (χ0) is 15.0. The third-order valence-electron chi connectivity index (χ3n) is 2.67. The van der Waals surface area contributed by atoms with Crippen LogP contribution in [0.15, 0.2) is 55.2 Å². The minimum atomic E-state index is 0.464. The zero-order valence-electron chi connectivity index (χ0n) is 11.7. The molecule has 0 spiro atoms. The second-order valence-corrected chi connectivity index (χ2v) is 3.85. The highest BCUT2D eigenvalue weighted by molar-refractivity contribution is 5.67. The zero-order valence-corrected chi connectivity index (χ0v) is 11.7. The maximum absolute atomic E-state index is 9.26. The molecule has 102 valence electrons. The van der Waals surface area contributed by atoms with E-state index in [0.717, 1.165) is 11.1 Å². The third kappa shape index (κ3) is 3.63. The summed E-state index contributed by atoms with van der Waals surface area (Å²) < 4.78 is 10.4. The first-order chi connectivity index (χ1) is 9.69. The van der Waals surface area contributed by atoms with E-state index in [9.17, 15) is 5.26 Å². The van der Waals surface area contributed by atoms with Crippen LogP contribution in [0, 0.1) is 11.3 Å². The van der Waals surface area contributed by atoms with Crippen LogP contribution in [0.3, 0.4) is 0 Å².